The van der Waals surface area contributed by atoms with Gasteiger partial charge in [-0.15, -0.1) is 0 Å². The number of aryl methyl sites for hydroxylation is 1. The minimum Gasteiger partial charge on any atom is -0.478 e. The Kier molecular flexibility index (Phi) is 5.29. The third-order valence-electron chi connectivity index (χ3n) is 4.88. The third kappa shape index (κ3) is 3.92. The number of hydrogen-bond acceptors (Lipinski definition) is 4. The summed E-state index contributed by atoms with van der Waals surface area (Å²) in [6.45, 7) is 4.03. The molecule has 2 heterocycles. The van der Waals surface area contributed by atoms with Crippen LogP contribution in [0.5, 0.6) is 0 Å². The SMILES string of the molecule is Cc1cccc(N=C2NC(=O)/C(=C\c3cccn3-c3cccc(C(=O)O)c3)S2)c1C. The Labute approximate surface area is 178 Å². The van der Waals surface area contributed by atoms with Gasteiger partial charge in [0.2, 0.25) is 0 Å². The van der Waals surface area contributed by atoms with E-state index in [1.54, 1.807) is 24.3 Å². The van der Waals surface area contributed by atoms with Gasteiger partial charge in [0, 0.05) is 17.6 Å². The van der Waals surface area contributed by atoms with Gasteiger partial charge in [-0.1, -0.05) is 18.2 Å². The summed E-state index contributed by atoms with van der Waals surface area (Å²) in [6.07, 6.45) is 3.61. The molecule has 0 bridgehead atoms. The molecule has 4 rings (SSSR count). The van der Waals surface area contributed by atoms with Gasteiger partial charge >= 0.3 is 5.97 Å². The topological polar surface area (TPSA) is 83.7 Å². The average Bonchev–Trinajstić information content (AvgIpc) is 3.32. The highest BCUT2D eigenvalue weighted by Gasteiger charge is 2.24. The number of thioether (sulfide) groups is 1. The van der Waals surface area contributed by atoms with E-state index in [4.69, 9.17) is 0 Å². The van der Waals surface area contributed by atoms with Crippen LogP contribution in [0.15, 0.2) is 70.7 Å². The molecule has 7 heteroatoms. The van der Waals surface area contributed by atoms with Crippen molar-refractivity contribution in [1.82, 2.24) is 9.88 Å². The number of aromatic nitrogens is 1. The fraction of sp³-hybridized carbons (Fsp3) is 0.0870. The molecule has 1 amide bonds. The second kappa shape index (κ2) is 8.04. The average molecular weight is 417 g/mol. The van der Waals surface area contributed by atoms with E-state index in [0.29, 0.717) is 15.8 Å². The normalized spacial score (nSPS) is 16.3. The van der Waals surface area contributed by atoms with Crippen LogP contribution in [0.3, 0.4) is 0 Å². The second-order valence-corrected chi connectivity index (χ2v) is 7.89. The third-order valence-corrected chi connectivity index (χ3v) is 5.79. The van der Waals surface area contributed by atoms with Crippen LogP contribution < -0.4 is 5.32 Å². The van der Waals surface area contributed by atoms with Crippen molar-refractivity contribution in [3.05, 3.63) is 88.1 Å². The lowest BCUT2D eigenvalue weighted by molar-refractivity contribution is -0.115. The van der Waals surface area contributed by atoms with Gasteiger partial charge in [0.25, 0.3) is 5.91 Å². The number of carbonyl (C=O) groups is 2. The highest BCUT2D eigenvalue weighted by atomic mass is 32.2. The summed E-state index contributed by atoms with van der Waals surface area (Å²) in [5.74, 6) is -1.20. The largest absolute Gasteiger partial charge is 0.478 e. The number of carbonyl (C=O) groups excluding carboxylic acids is 1. The second-order valence-electron chi connectivity index (χ2n) is 6.86. The summed E-state index contributed by atoms with van der Waals surface area (Å²) in [6, 6.07) is 16.3. The van der Waals surface area contributed by atoms with E-state index < -0.39 is 5.97 Å². The molecule has 0 spiro atoms. The monoisotopic (exact) mass is 417 g/mol. The molecule has 0 saturated carbocycles. The van der Waals surface area contributed by atoms with E-state index in [0.717, 1.165) is 22.5 Å². The number of aromatic carboxylic acids is 1. The quantitative estimate of drug-likeness (QED) is 0.604. The number of hydrogen-bond donors (Lipinski definition) is 2. The van der Waals surface area contributed by atoms with Gasteiger partial charge in [0.15, 0.2) is 5.17 Å². The van der Waals surface area contributed by atoms with Gasteiger partial charge in [0.05, 0.1) is 16.2 Å². The number of carboxylic acid groups (broad SMARTS) is 1. The van der Waals surface area contributed by atoms with Crippen LogP contribution >= 0.6 is 11.8 Å². The van der Waals surface area contributed by atoms with Gasteiger partial charge in [-0.2, -0.15) is 0 Å². The number of rotatable bonds is 4. The van der Waals surface area contributed by atoms with Crippen molar-refractivity contribution >= 4 is 40.6 Å². The highest BCUT2D eigenvalue weighted by Crippen LogP contribution is 2.30. The van der Waals surface area contributed by atoms with Gasteiger partial charge in [-0.25, -0.2) is 9.79 Å². The standard InChI is InChI=1S/C23H19N3O3S/c1-14-6-3-10-19(15(14)2)24-23-25-21(27)20(30-23)13-18-9-5-11-26(18)17-8-4-7-16(12-17)22(28)29/h3-13H,1-2H3,(H,28,29)(H,24,25,27)/b20-13+. The minimum atomic E-state index is -0.984. The molecule has 1 aliphatic heterocycles. The Morgan fingerprint density at radius 1 is 1.13 bits per heavy atom. The van der Waals surface area contributed by atoms with Crippen LogP contribution in [-0.2, 0) is 4.79 Å². The molecule has 0 aliphatic carbocycles. The molecule has 1 saturated heterocycles. The molecule has 0 atom stereocenters. The first-order chi connectivity index (χ1) is 14.4. The summed E-state index contributed by atoms with van der Waals surface area (Å²) in [4.78, 5) is 28.9. The molecule has 0 radical (unpaired) electrons. The van der Waals surface area contributed by atoms with Gasteiger partial charge in [0.1, 0.15) is 0 Å². The Balaban J connectivity index is 1.64. The van der Waals surface area contributed by atoms with Crippen LogP contribution in [0.1, 0.15) is 27.2 Å². The van der Waals surface area contributed by atoms with Gasteiger partial charge < -0.3 is 15.0 Å². The molecule has 150 valence electrons. The number of nitrogens with one attached hydrogen (secondary N) is 1. The molecule has 1 fully saturated rings. The van der Waals surface area contributed by atoms with Gasteiger partial charge in [-0.05, 0) is 79.2 Å². The molecular formula is C23H19N3O3S. The van der Waals surface area contributed by atoms with Crippen molar-refractivity contribution in [3.63, 3.8) is 0 Å². The van der Waals surface area contributed by atoms with Crippen LogP contribution in [0.2, 0.25) is 0 Å². The zero-order valence-electron chi connectivity index (χ0n) is 16.4. The molecule has 3 aromatic rings. The summed E-state index contributed by atoms with van der Waals surface area (Å²) in [5.41, 5.74) is 4.72. The first-order valence-electron chi connectivity index (χ1n) is 9.29. The molecule has 0 unspecified atom stereocenters. The maximum atomic E-state index is 12.5. The minimum absolute atomic E-state index is 0.204. The maximum Gasteiger partial charge on any atom is 0.335 e. The molecule has 30 heavy (non-hydrogen) atoms. The van der Waals surface area contributed by atoms with E-state index in [1.165, 1.54) is 11.8 Å². The Hall–Kier alpha value is -3.58. The van der Waals surface area contributed by atoms with Crippen molar-refractivity contribution in [1.29, 1.82) is 0 Å². The zero-order valence-corrected chi connectivity index (χ0v) is 17.2. The van der Waals surface area contributed by atoms with Crippen molar-refractivity contribution in [2.45, 2.75) is 13.8 Å². The van der Waals surface area contributed by atoms with Crippen LogP contribution in [0.4, 0.5) is 5.69 Å². The van der Waals surface area contributed by atoms with Crippen molar-refractivity contribution in [2.75, 3.05) is 0 Å². The van der Waals surface area contributed by atoms with E-state index >= 15 is 0 Å². The lowest BCUT2D eigenvalue weighted by atomic mass is 10.1. The number of carboxylic acids is 1. The maximum absolute atomic E-state index is 12.5. The number of aliphatic imine (C=N–C) groups is 1. The Bertz CT molecular complexity index is 1220. The highest BCUT2D eigenvalue weighted by molar-refractivity contribution is 8.18. The van der Waals surface area contributed by atoms with E-state index in [9.17, 15) is 14.7 Å². The number of benzene rings is 2. The summed E-state index contributed by atoms with van der Waals surface area (Å²) >= 11 is 1.28. The van der Waals surface area contributed by atoms with Crippen LogP contribution in [0, 0.1) is 13.8 Å². The van der Waals surface area contributed by atoms with Crippen molar-refractivity contribution in [3.8, 4) is 5.69 Å². The summed E-state index contributed by atoms with van der Waals surface area (Å²) < 4.78 is 1.84. The summed E-state index contributed by atoms with van der Waals surface area (Å²) in [5, 5.41) is 12.6. The first-order valence-corrected chi connectivity index (χ1v) is 10.1. The lowest BCUT2D eigenvalue weighted by Crippen LogP contribution is -2.19. The molecule has 1 aliphatic rings. The number of nitrogens with zero attached hydrogens (tertiary/aromatic N) is 2. The molecule has 1 aromatic heterocycles. The molecule has 2 aromatic carbocycles. The smallest absolute Gasteiger partial charge is 0.335 e. The van der Waals surface area contributed by atoms with Crippen molar-refractivity contribution < 1.29 is 14.7 Å². The molecule has 6 nitrogen and oxygen atoms in total. The fourth-order valence-corrected chi connectivity index (χ4v) is 3.94. The van der Waals surface area contributed by atoms with E-state index in [-0.39, 0.29) is 11.5 Å². The lowest BCUT2D eigenvalue weighted by Gasteiger charge is -2.08. The Morgan fingerprint density at radius 3 is 2.73 bits per heavy atom. The van der Waals surface area contributed by atoms with Gasteiger partial charge in [-0.3, -0.25) is 4.79 Å². The summed E-state index contributed by atoms with van der Waals surface area (Å²) in [7, 11) is 0. The van der Waals surface area contributed by atoms with E-state index in [1.807, 2.05) is 61.0 Å². The molecular weight excluding hydrogens is 398 g/mol. The predicted octanol–water partition coefficient (Wildman–Crippen LogP) is 4.68. The number of amides is 1. The van der Waals surface area contributed by atoms with Crippen LogP contribution in [-0.4, -0.2) is 26.7 Å². The fourth-order valence-electron chi connectivity index (χ4n) is 3.12. The number of amidine groups is 1. The predicted molar refractivity (Wildman–Crippen MR) is 119 cm³/mol. The zero-order chi connectivity index (χ0) is 21.3. The van der Waals surface area contributed by atoms with Crippen LogP contribution in [0.25, 0.3) is 11.8 Å². The Morgan fingerprint density at radius 2 is 1.93 bits per heavy atom. The van der Waals surface area contributed by atoms with Crippen molar-refractivity contribution in [2.24, 2.45) is 4.99 Å². The van der Waals surface area contributed by atoms with E-state index in [2.05, 4.69) is 10.3 Å². The first kappa shape index (κ1) is 19.7. The molecule has 2 N–H and O–H groups in total.